The van der Waals surface area contributed by atoms with Crippen molar-refractivity contribution < 1.29 is 9.53 Å². The maximum Gasteiger partial charge on any atom is 0.262 e. The van der Waals surface area contributed by atoms with E-state index in [0.717, 1.165) is 41.1 Å². The molecule has 0 saturated carbocycles. The van der Waals surface area contributed by atoms with Crippen molar-refractivity contribution in [1.82, 2.24) is 4.98 Å². The number of rotatable bonds is 5. The molecule has 1 aliphatic rings. The van der Waals surface area contributed by atoms with Crippen molar-refractivity contribution in [3.63, 3.8) is 0 Å². The van der Waals surface area contributed by atoms with Gasteiger partial charge in [0.2, 0.25) is 0 Å². The van der Waals surface area contributed by atoms with E-state index in [0.29, 0.717) is 5.75 Å². The number of hydrogen-bond acceptors (Lipinski definition) is 4. The number of aromatic nitrogens is 1. The molecule has 4 rings (SSSR count). The fourth-order valence-electron chi connectivity index (χ4n) is 3.72. The van der Waals surface area contributed by atoms with Gasteiger partial charge in [-0.1, -0.05) is 17.7 Å². The number of aryl methyl sites for hydroxylation is 2. The molecule has 0 atom stereocenters. The van der Waals surface area contributed by atoms with Gasteiger partial charge in [-0.05, 0) is 75.1 Å². The molecule has 5 nitrogen and oxygen atoms in total. The van der Waals surface area contributed by atoms with E-state index in [-0.39, 0.29) is 12.5 Å². The lowest BCUT2D eigenvalue weighted by atomic mass is 10.1. The molecule has 1 aliphatic heterocycles. The minimum atomic E-state index is -0.180. The first kappa shape index (κ1) is 19.2. The number of hydrogen-bond donors (Lipinski definition) is 1. The Bertz CT molecular complexity index is 1010. The summed E-state index contributed by atoms with van der Waals surface area (Å²) in [5, 5.41) is 3.98. The van der Waals surface area contributed by atoms with E-state index in [2.05, 4.69) is 23.2 Å². The lowest BCUT2D eigenvalue weighted by molar-refractivity contribution is -0.118. The summed E-state index contributed by atoms with van der Waals surface area (Å²) in [6.45, 7) is 6.25. The molecule has 1 N–H and O–H groups in total. The summed E-state index contributed by atoms with van der Waals surface area (Å²) in [5.41, 5.74) is 4.04. The molecule has 0 spiro atoms. The summed E-state index contributed by atoms with van der Waals surface area (Å²) >= 11 is 0. The van der Waals surface area contributed by atoms with Gasteiger partial charge in [-0.3, -0.25) is 4.79 Å². The topological polar surface area (TPSA) is 54.5 Å². The molecule has 150 valence electrons. The monoisotopic (exact) mass is 389 g/mol. The Morgan fingerprint density at radius 3 is 2.55 bits per heavy atom. The predicted molar refractivity (Wildman–Crippen MR) is 118 cm³/mol. The van der Waals surface area contributed by atoms with E-state index in [1.165, 1.54) is 24.8 Å². The van der Waals surface area contributed by atoms with Gasteiger partial charge in [0.15, 0.2) is 6.61 Å². The highest BCUT2D eigenvalue weighted by Gasteiger charge is 2.14. The molecule has 1 saturated heterocycles. The Morgan fingerprint density at radius 2 is 1.79 bits per heavy atom. The zero-order chi connectivity index (χ0) is 20.2. The van der Waals surface area contributed by atoms with E-state index in [1.54, 1.807) is 0 Å². The molecule has 1 aromatic heterocycles. The molecule has 0 aliphatic carbocycles. The molecular formula is C24H27N3O2. The molecule has 0 bridgehead atoms. The Morgan fingerprint density at radius 1 is 1.03 bits per heavy atom. The van der Waals surface area contributed by atoms with Crippen molar-refractivity contribution in [3.8, 4) is 5.75 Å². The van der Waals surface area contributed by atoms with E-state index in [4.69, 9.17) is 9.72 Å². The van der Waals surface area contributed by atoms with Crippen LogP contribution < -0.4 is 15.0 Å². The van der Waals surface area contributed by atoms with Crippen molar-refractivity contribution in [1.29, 1.82) is 0 Å². The van der Waals surface area contributed by atoms with Crippen LogP contribution in [0.1, 0.15) is 30.4 Å². The highest BCUT2D eigenvalue weighted by molar-refractivity contribution is 5.95. The largest absolute Gasteiger partial charge is 0.484 e. The highest BCUT2D eigenvalue weighted by Crippen LogP contribution is 2.27. The quantitative estimate of drug-likeness (QED) is 0.677. The standard InChI is InChI=1S/C24H27N3O2/c1-17-6-9-20(10-7-17)29-16-24(28)25-19-8-11-22-21(15-19)18(2)14-23(26-22)27-12-4-3-5-13-27/h6-11,14-15H,3-5,12-13,16H2,1-2H3,(H,25,28). The summed E-state index contributed by atoms with van der Waals surface area (Å²) in [6, 6.07) is 15.7. The lowest BCUT2D eigenvalue weighted by Gasteiger charge is -2.28. The number of carbonyl (C=O) groups is 1. The first-order chi connectivity index (χ1) is 14.1. The van der Waals surface area contributed by atoms with Crippen LogP contribution in [-0.4, -0.2) is 30.6 Å². The van der Waals surface area contributed by atoms with Gasteiger partial charge in [0.05, 0.1) is 5.52 Å². The average molecular weight is 389 g/mol. The molecule has 2 aromatic carbocycles. The zero-order valence-electron chi connectivity index (χ0n) is 17.1. The minimum absolute atomic E-state index is 0.0216. The number of piperidine rings is 1. The van der Waals surface area contributed by atoms with Crippen LogP contribution in [0, 0.1) is 13.8 Å². The number of fused-ring (bicyclic) bond motifs is 1. The van der Waals surface area contributed by atoms with Crippen molar-refractivity contribution in [2.24, 2.45) is 0 Å². The predicted octanol–water partition coefficient (Wildman–Crippen LogP) is 4.86. The Hall–Kier alpha value is -3.08. The molecule has 0 unspecified atom stereocenters. The molecule has 3 aromatic rings. The highest BCUT2D eigenvalue weighted by atomic mass is 16.5. The van der Waals surface area contributed by atoms with Crippen LogP contribution in [0.2, 0.25) is 0 Å². The van der Waals surface area contributed by atoms with Gasteiger partial charge >= 0.3 is 0 Å². The van der Waals surface area contributed by atoms with E-state index in [1.807, 2.05) is 49.4 Å². The second kappa shape index (κ2) is 8.52. The molecule has 1 amide bonds. The van der Waals surface area contributed by atoms with Gasteiger partial charge in [0, 0.05) is 24.2 Å². The molecule has 5 heteroatoms. The Kier molecular flexibility index (Phi) is 5.65. The van der Waals surface area contributed by atoms with Crippen molar-refractivity contribution in [2.75, 3.05) is 29.9 Å². The summed E-state index contributed by atoms with van der Waals surface area (Å²) in [5.74, 6) is 1.56. The zero-order valence-corrected chi connectivity index (χ0v) is 17.1. The number of benzene rings is 2. The Balaban J connectivity index is 1.44. The molecule has 2 heterocycles. The third-order valence-corrected chi connectivity index (χ3v) is 5.36. The number of carbonyl (C=O) groups excluding carboxylic acids is 1. The maximum atomic E-state index is 12.3. The third-order valence-electron chi connectivity index (χ3n) is 5.36. The van der Waals surface area contributed by atoms with E-state index < -0.39 is 0 Å². The van der Waals surface area contributed by atoms with Gasteiger partial charge < -0.3 is 15.0 Å². The number of amides is 1. The van der Waals surface area contributed by atoms with Gasteiger partial charge in [-0.25, -0.2) is 4.98 Å². The maximum absolute atomic E-state index is 12.3. The number of ether oxygens (including phenoxy) is 1. The fraction of sp³-hybridized carbons (Fsp3) is 0.333. The summed E-state index contributed by atoms with van der Waals surface area (Å²) in [6.07, 6.45) is 3.77. The SMILES string of the molecule is Cc1ccc(OCC(=O)Nc2ccc3nc(N4CCCCC4)cc(C)c3c2)cc1. The number of nitrogens with one attached hydrogen (secondary N) is 1. The average Bonchev–Trinajstić information content (AvgIpc) is 2.74. The Labute approximate surface area is 171 Å². The second-order valence-corrected chi connectivity index (χ2v) is 7.73. The minimum Gasteiger partial charge on any atom is -0.484 e. The summed E-state index contributed by atoms with van der Waals surface area (Å²) in [7, 11) is 0. The van der Waals surface area contributed by atoms with E-state index >= 15 is 0 Å². The van der Waals surface area contributed by atoms with Crippen LogP contribution in [0.15, 0.2) is 48.5 Å². The number of pyridine rings is 1. The van der Waals surface area contributed by atoms with Crippen molar-refractivity contribution in [3.05, 3.63) is 59.7 Å². The normalized spacial score (nSPS) is 14.1. The number of anilines is 2. The summed E-state index contributed by atoms with van der Waals surface area (Å²) in [4.78, 5) is 19.5. The van der Waals surface area contributed by atoms with Gasteiger partial charge in [0.25, 0.3) is 5.91 Å². The second-order valence-electron chi connectivity index (χ2n) is 7.73. The van der Waals surface area contributed by atoms with Gasteiger partial charge in [0.1, 0.15) is 11.6 Å². The number of nitrogens with zero attached hydrogens (tertiary/aromatic N) is 2. The van der Waals surface area contributed by atoms with Gasteiger partial charge in [-0.2, -0.15) is 0 Å². The van der Waals surface area contributed by atoms with Crippen LogP contribution in [0.25, 0.3) is 10.9 Å². The van der Waals surface area contributed by atoms with Gasteiger partial charge in [-0.15, -0.1) is 0 Å². The van der Waals surface area contributed by atoms with Crippen LogP contribution in [-0.2, 0) is 4.79 Å². The van der Waals surface area contributed by atoms with Crippen LogP contribution in [0.3, 0.4) is 0 Å². The first-order valence-electron chi connectivity index (χ1n) is 10.2. The molecule has 0 radical (unpaired) electrons. The van der Waals surface area contributed by atoms with Crippen molar-refractivity contribution >= 4 is 28.3 Å². The molecule has 29 heavy (non-hydrogen) atoms. The smallest absolute Gasteiger partial charge is 0.262 e. The fourth-order valence-corrected chi connectivity index (χ4v) is 3.72. The van der Waals surface area contributed by atoms with E-state index in [9.17, 15) is 4.79 Å². The molecular weight excluding hydrogens is 362 g/mol. The third kappa shape index (κ3) is 4.67. The van der Waals surface area contributed by atoms with Crippen LogP contribution in [0.5, 0.6) is 5.75 Å². The van der Waals surface area contributed by atoms with Crippen LogP contribution >= 0.6 is 0 Å². The first-order valence-corrected chi connectivity index (χ1v) is 10.2. The molecule has 1 fully saturated rings. The summed E-state index contributed by atoms with van der Waals surface area (Å²) < 4.78 is 5.56. The van der Waals surface area contributed by atoms with Crippen LogP contribution in [0.4, 0.5) is 11.5 Å². The van der Waals surface area contributed by atoms with Crippen molar-refractivity contribution in [2.45, 2.75) is 33.1 Å². The lowest BCUT2D eigenvalue weighted by Crippen LogP contribution is -2.30.